The Morgan fingerprint density at radius 2 is 1.81 bits per heavy atom. The first kappa shape index (κ1) is 23.1. The van der Waals surface area contributed by atoms with Gasteiger partial charge in [-0.05, 0) is 63.9 Å². The van der Waals surface area contributed by atoms with E-state index in [2.05, 4.69) is 44.4 Å². The van der Waals surface area contributed by atoms with Crippen LogP contribution in [-0.2, 0) is 12.0 Å². The van der Waals surface area contributed by atoms with Gasteiger partial charge in [-0.1, -0.05) is 30.3 Å². The Morgan fingerprint density at radius 3 is 2.61 bits per heavy atom. The summed E-state index contributed by atoms with van der Waals surface area (Å²) in [6, 6.07) is 16.8. The number of thiophene rings is 1. The van der Waals surface area contributed by atoms with Crippen LogP contribution in [0.15, 0.2) is 63.8 Å². The van der Waals surface area contributed by atoms with Crippen molar-refractivity contribution in [1.29, 1.82) is 0 Å². The molecule has 182 valence electrons. The Kier molecular flexibility index (Phi) is 5.19. The smallest absolute Gasteiger partial charge is 0.349 e. The van der Waals surface area contributed by atoms with Crippen molar-refractivity contribution in [3.8, 4) is 10.6 Å². The van der Waals surface area contributed by atoms with E-state index in [-0.39, 0.29) is 16.6 Å². The molecular formula is C28H25N3O3S2. The molecule has 1 aliphatic heterocycles. The van der Waals surface area contributed by atoms with Crippen LogP contribution >= 0.6 is 22.7 Å². The van der Waals surface area contributed by atoms with E-state index in [0.717, 1.165) is 32.1 Å². The van der Waals surface area contributed by atoms with Crippen molar-refractivity contribution in [2.75, 3.05) is 5.32 Å². The monoisotopic (exact) mass is 515 g/mol. The fourth-order valence-corrected chi connectivity index (χ4v) is 7.59. The van der Waals surface area contributed by atoms with E-state index in [0.29, 0.717) is 16.0 Å². The number of amides is 1. The van der Waals surface area contributed by atoms with Crippen molar-refractivity contribution in [3.05, 3.63) is 81.0 Å². The Labute approximate surface area is 216 Å². The van der Waals surface area contributed by atoms with Crippen molar-refractivity contribution in [3.63, 3.8) is 0 Å². The van der Waals surface area contributed by atoms with Gasteiger partial charge in [0.1, 0.15) is 21.2 Å². The maximum atomic E-state index is 13.4. The molecule has 8 heteroatoms. The fraction of sp³-hybridized carbons (Fsp3) is 0.250. The molecule has 5 aromatic rings. The van der Waals surface area contributed by atoms with Crippen molar-refractivity contribution in [2.45, 2.75) is 45.2 Å². The van der Waals surface area contributed by atoms with Crippen LogP contribution in [-0.4, -0.2) is 16.4 Å². The van der Waals surface area contributed by atoms with E-state index < -0.39 is 11.5 Å². The number of anilines is 1. The number of carbonyl (C=O) groups is 1. The highest BCUT2D eigenvalue weighted by atomic mass is 32.1. The lowest BCUT2D eigenvalue weighted by molar-refractivity contribution is 0.102. The third-order valence-corrected chi connectivity index (χ3v) is 8.99. The molecule has 0 spiro atoms. The average molecular weight is 516 g/mol. The summed E-state index contributed by atoms with van der Waals surface area (Å²) in [6.45, 7) is 8.70. The zero-order valence-corrected chi connectivity index (χ0v) is 22.0. The van der Waals surface area contributed by atoms with Crippen LogP contribution in [0.4, 0.5) is 5.00 Å². The van der Waals surface area contributed by atoms with Gasteiger partial charge in [-0.25, -0.2) is 9.78 Å². The first-order valence-electron chi connectivity index (χ1n) is 11.8. The van der Waals surface area contributed by atoms with Gasteiger partial charge in [0.2, 0.25) is 0 Å². The molecule has 0 fully saturated rings. The Balaban J connectivity index is 1.51. The third kappa shape index (κ3) is 3.86. The molecule has 0 bridgehead atoms. The number of hydrogen-bond acceptors (Lipinski definition) is 7. The molecule has 6 rings (SSSR count). The highest BCUT2D eigenvalue weighted by Crippen LogP contribution is 2.50. The van der Waals surface area contributed by atoms with Gasteiger partial charge in [-0.3, -0.25) is 4.79 Å². The largest absolute Gasteiger partial charge is 0.422 e. The lowest BCUT2D eigenvalue weighted by atomic mass is 9.81. The number of para-hydroxylation sites is 2. The first-order chi connectivity index (χ1) is 17.1. The molecule has 1 amide bonds. The molecule has 0 aliphatic carbocycles. The zero-order valence-electron chi connectivity index (χ0n) is 20.4. The van der Waals surface area contributed by atoms with Crippen LogP contribution in [0.3, 0.4) is 0 Å². The molecule has 2 aromatic carbocycles. The Bertz CT molecular complexity index is 1690. The summed E-state index contributed by atoms with van der Waals surface area (Å²) < 4.78 is 6.50. The predicted octanol–water partition coefficient (Wildman–Crippen LogP) is 6.54. The number of aromatic nitrogens is 1. The van der Waals surface area contributed by atoms with Crippen molar-refractivity contribution < 1.29 is 9.21 Å². The standard InChI is InChI=1S/C28H25N3O3S2/c1-27(2)14-17-21(24-29-18-10-6-8-12-20(18)35-24)25(36-22(17)28(3,4)31-27)30-23(32)16-13-15-9-5-7-11-19(15)34-26(16)33/h5-13,31H,14H2,1-4H3,(H,30,32). The summed E-state index contributed by atoms with van der Waals surface area (Å²) >= 11 is 3.16. The molecule has 1 aliphatic rings. The van der Waals surface area contributed by atoms with Gasteiger partial charge in [0, 0.05) is 26.9 Å². The number of hydrogen-bond donors (Lipinski definition) is 2. The van der Waals surface area contributed by atoms with Gasteiger partial charge in [0.15, 0.2) is 0 Å². The van der Waals surface area contributed by atoms with Gasteiger partial charge < -0.3 is 15.1 Å². The number of thiazole rings is 1. The zero-order chi connectivity index (χ0) is 25.2. The lowest BCUT2D eigenvalue weighted by Crippen LogP contribution is -2.54. The molecular weight excluding hydrogens is 490 g/mol. The minimum atomic E-state index is -0.655. The Hall–Kier alpha value is -3.33. The summed E-state index contributed by atoms with van der Waals surface area (Å²) in [7, 11) is 0. The summed E-state index contributed by atoms with van der Waals surface area (Å²) in [5.74, 6) is -0.486. The summed E-state index contributed by atoms with van der Waals surface area (Å²) in [6.07, 6.45) is 0.793. The van der Waals surface area contributed by atoms with Gasteiger partial charge in [-0.15, -0.1) is 22.7 Å². The molecule has 6 nitrogen and oxygen atoms in total. The molecule has 0 unspecified atom stereocenters. The molecule has 0 radical (unpaired) electrons. The van der Waals surface area contributed by atoms with E-state index in [1.54, 1.807) is 40.9 Å². The number of fused-ring (bicyclic) bond motifs is 3. The lowest BCUT2D eigenvalue weighted by Gasteiger charge is -2.42. The molecule has 0 saturated heterocycles. The maximum Gasteiger partial charge on any atom is 0.349 e. The number of rotatable bonds is 3. The van der Waals surface area contributed by atoms with Gasteiger partial charge in [-0.2, -0.15) is 0 Å². The highest BCUT2D eigenvalue weighted by molar-refractivity contribution is 7.23. The molecule has 36 heavy (non-hydrogen) atoms. The second kappa shape index (κ2) is 8.09. The third-order valence-electron chi connectivity index (χ3n) is 6.47. The topological polar surface area (TPSA) is 84.2 Å². The minimum absolute atomic E-state index is 0.0203. The van der Waals surface area contributed by atoms with Crippen molar-refractivity contribution in [2.24, 2.45) is 0 Å². The highest BCUT2D eigenvalue weighted by Gasteiger charge is 2.41. The van der Waals surface area contributed by atoms with E-state index in [9.17, 15) is 9.59 Å². The number of benzene rings is 2. The van der Waals surface area contributed by atoms with E-state index in [4.69, 9.17) is 9.40 Å². The van der Waals surface area contributed by atoms with Crippen LogP contribution in [0.2, 0.25) is 0 Å². The Morgan fingerprint density at radius 1 is 1.06 bits per heavy atom. The normalized spacial score (nSPS) is 16.2. The first-order valence-corrected chi connectivity index (χ1v) is 13.4. The van der Waals surface area contributed by atoms with E-state index >= 15 is 0 Å². The summed E-state index contributed by atoms with van der Waals surface area (Å²) in [5.41, 5.74) is 2.41. The van der Waals surface area contributed by atoms with Crippen LogP contribution in [0.25, 0.3) is 31.8 Å². The van der Waals surface area contributed by atoms with Gasteiger partial charge >= 0.3 is 5.63 Å². The van der Waals surface area contributed by atoms with Crippen LogP contribution < -0.4 is 16.3 Å². The number of nitrogens with one attached hydrogen (secondary N) is 2. The second-order valence-electron chi connectivity index (χ2n) is 10.4. The molecule has 3 aromatic heterocycles. The van der Waals surface area contributed by atoms with Gasteiger partial charge in [0.05, 0.1) is 10.2 Å². The minimum Gasteiger partial charge on any atom is -0.422 e. The quantitative estimate of drug-likeness (QED) is 0.267. The summed E-state index contributed by atoms with van der Waals surface area (Å²) in [5, 5.41) is 9.06. The van der Waals surface area contributed by atoms with Crippen molar-refractivity contribution in [1.82, 2.24) is 10.3 Å². The summed E-state index contributed by atoms with van der Waals surface area (Å²) in [4.78, 5) is 32.2. The predicted molar refractivity (Wildman–Crippen MR) is 147 cm³/mol. The van der Waals surface area contributed by atoms with Crippen LogP contribution in [0.5, 0.6) is 0 Å². The maximum absolute atomic E-state index is 13.4. The molecule has 4 heterocycles. The molecule has 0 saturated carbocycles. The second-order valence-corrected chi connectivity index (χ2v) is 12.4. The van der Waals surface area contributed by atoms with Crippen LogP contribution in [0.1, 0.15) is 48.5 Å². The van der Waals surface area contributed by atoms with E-state index in [1.165, 1.54) is 5.56 Å². The number of carbonyl (C=O) groups excluding carboxylic acids is 1. The average Bonchev–Trinajstić information content (AvgIpc) is 3.38. The number of nitrogens with zero attached hydrogens (tertiary/aromatic N) is 1. The van der Waals surface area contributed by atoms with Gasteiger partial charge in [0.25, 0.3) is 5.91 Å². The molecule has 2 N–H and O–H groups in total. The van der Waals surface area contributed by atoms with Crippen molar-refractivity contribution >= 4 is 54.8 Å². The van der Waals surface area contributed by atoms with Crippen LogP contribution in [0, 0.1) is 0 Å². The van der Waals surface area contributed by atoms with E-state index in [1.807, 2.05) is 30.3 Å². The molecule has 0 atom stereocenters. The fourth-order valence-electron chi connectivity index (χ4n) is 5.21. The SMILES string of the molecule is CC1(C)Cc2c(sc(NC(=O)c3cc4ccccc4oc3=O)c2-c2nc3ccccc3s2)C(C)(C)N1.